The van der Waals surface area contributed by atoms with Crippen LogP contribution in [0.5, 0.6) is 0 Å². The van der Waals surface area contributed by atoms with Crippen molar-refractivity contribution in [3.8, 4) is 6.07 Å². The Labute approximate surface area is 90.6 Å². The number of rotatable bonds is 2. The summed E-state index contributed by atoms with van der Waals surface area (Å²) in [6, 6.07) is 4.28. The number of hydrogen-bond acceptors (Lipinski definition) is 3. The molecule has 1 aromatic rings. The fourth-order valence-corrected chi connectivity index (χ4v) is 1.03. The molecule has 82 valence electrons. The number of hydrogen-bond donors (Lipinski definition) is 0. The van der Waals surface area contributed by atoms with E-state index in [0.717, 1.165) is 31.4 Å². The molecule has 0 aromatic heterocycles. The number of nitrogens with zero attached hydrogens (tertiary/aromatic N) is 1. The van der Waals surface area contributed by atoms with Gasteiger partial charge in [-0.1, -0.05) is 0 Å². The maximum Gasteiger partial charge on any atom is 0.348 e. The summed E-state index contributed by atoms with van der Waals surface area (Å²) in [6.07, 6.45) is 0.935. The third-order valence-corrected chi connectivity index (χ3v) is 1.78. The summed E-state index contributed by atoms with van der Waals surface area (Å²) in [4.78, 5) is 11.0. The zero-order chi connectivity index (χ0) is 12.1. The summed E-state index contributed by atoms with van der Waals surface area (Å²) < 4.78 is 30.3. The van der Waals surface area contributed by atoms with Gasteiger partial charge in [0.05, 0.1) is 7.11 Å². The van der Waals surface area contributed by atoms with Crippen LogP contribution in [0.3, 0.4) is 0 Å². The van der Waals surface area contributed by atoms with Crippen molar-refractivity contribution in [2.75, 3.05) is 7.11 Å². The number of nitriles is 1. The lowest BCUT2D eigenvalue weighted by Gasteiger charge is -1.99. The summed E-state index contributed by atoms with van der Waals surface area (Å²) in [5, 5.41) is 8.61. The van der Waals surface area contributed by atoms with E-state index in [0.29, 0.717) is 0 Å². The molecular weight excluding hydrogens is 216 g/mol. The van der Waals surface area contributed by atoms with Gasteiger partial charge in [-0.3, -0.25) is 0 Å². The van der Waals surface area contributed by atoms with Crippen LogP contribution in [0.4, 0.5) is 8.78 Å². The summed E-state index contributed by atoms with van der Waals surface area (Å²) in [7, 11) is 1.09. The van der Waals surface area contributed by atoms with E-state index in [4.69, 9.17) is 5.26 Å². The minimum absolute atomic E-state index is 0.179. The van der Waals surface area contributed by atoms with Crippen LogP contribution in [0, 0.1) is 23.0 Å². The summed E-state index contributed by atoms with van der Waals surface area (Å²) >= 11 is 0. The van der Waals surface area contributed by atoms with Crippen LogP contribution in [0.1, 0.15) is 5.56 Å². The second kappa shape index (κ2) is 5.03. The van der Waals surface area contributed by atoms with E-state index in [1.54, 1.807) is 6.07 Å². The van der Waals surface area contributed by atoms with E-state index < -0.39 is 23.2 Å². The molecule has 0 saturated heterocycles. The van der Waals surface area contributed by atoms with Gasteiger partial charge in [0.15, 0.2) is 0 Å². The van der Waals surface area contributed by atoms with E-state index in [1.165, 1.54) is 0 Å². The number of halogens is 2. The molecule has 0 amide bonds. The molecule has 5 heteroatoms. The molecule has 1 aromatic carbocycles. The first kappa shape index (κ1) is 11.9. The number of ether oxygens (including phenoxy) is 1. The lowest BCUT2D eigenvalue weighted by atomic mass is 10.1. The molecule has 3 nitrogen and oxygen atoms in total. The Morgan fingerprint density at radius 3 is 2.75 bits per heavy atom. The number of methoxy groups -OCH3 is 1. The minimum Gasteiger partial charge on any atom is -0.465 e. The van der Waals surface area contributed by atoms with Crippen molar-refractivity contribution in [3.63, 3.8) is 0 Å². The van der Waals surface area contributed by atoms with Crippen molar-refractivity contribution in [1.82, 2.24) is 0 Å². The van der Waals surface area contributed by atoms with Gasteiger partial charge in [0, 0.05) is 5.56 Å². The Bertz CT molecular complexity index is 489. The van der Waals surface area contributed by atoms with Crippen LogP contribution in [0.25, 0.3) is 6.08 Å². The van der Waals surface area contributed by atoms with E-state index in [9.17, 15) is 13.6 Å². The zero-order valence-corrected chi connectivity index (χ0v) is 8.33. The predicted molar refractivity (Wildman–Crippen MR) is 52.0 cm³/mol. The van der Waals surface area contributed by atoms with Crippen LogP contribution >= 0.6 is 0 Å². The summed E-state index contributed by atoms with van der Waals surface area (Å²) in [5.41, 5.74) is -0.575. The Morgan fingerprint density at radius 1 is 1.50 bits per heavy atom. The molecule has 0 aliphatic heterocycles. The van der Waals surface area contributed by atoms with Crippen molar-refractivity contribution < 1.29 is 18.3 Å². The molecule has 0 aliphatic rings. The summed E-state index contributed by atoms with van der Waals surface area (Å²) in [6.45, 7) is 0. The lowest BCUT2D eigenvalue weighted by molar-refractivity contribution is -0.135. The first-order valence-electron chi connectivity index (χ1n) is 4.23. The first-order valence-corrected chi connectivity index (χ1v) is 4.23. The van der Waals surface area contributed by atoms with Gasteiger partial charge in [0.25, 0.3) is 0 Å². The maximum absolute atomic E-state index is 13.2. The van der Waals surface area contributed by atoms with Gasteiger partial charge in [-0.15, -0.1) is 0 Å². The van der Waals surface area contributed by atoms with E-state index in [1.807, 2.05) is 0 Å². The van der Waals surface area contributed by atoms with Gasteiger partial charge in [0.2, 0.25) is 0 Å². The molecule has 0 fully saturated rings. The molecule has 0 aliphatic carbocycles. The normalized spacial score (nSPS) is 10.8. The minimum atomic E-state index is -0.897. The van der Waals surface area contributed by atoms with Crippen LogP contribution in [0.15, 0.2) is 23.8 Å². The first-order chi connectivity index (χ1) is 7.58. The van der Waals surface area contributed by atoms with E-state index >= 15 is 0 Å². The van der Waals surface area contributed by atoms with E-state index in [-0.39, 0.29) is 5.56 Å². The average molecular weight is 223 g/mol. The van der Waals surface area contributed by atoms with Gasteiger partial charge < -0.3 is 4.74 Å². The molecule has 0 saturated carbocycles. The second-order valence-corrected chi connectivity index (χ2v) is 2.83. The molecular formula is C11H7F2NO2. The average Bonchev–Trinajstić information content (AvgIpc) is 2.29. The number of carbonyl (C=O) groups excluding carboxylic acids is 1. The maximum atomic E-state index is 13.2. The number of carbonyl (C=O) groups is 1. The van der Waals surface area contributed by atoms with Crippen molar-refractivity contribution in [2.45, 2.75) is 0 Å². The molecule has 16 heavy (non-hydrogen) atoms. The Balaban J connectivity index is 3.19. The highest BCUT2D eigenvalue weighted by molar-refractivity contribution is 5.97. The highest BCUT2D eigenvalue weighted by Gasteiger charge is 2.10. The molecule has 0 heterocycles. The molecule has 1 rings (SSSR count). The van der Waals surface area contributed by atoms with Crippen LogP contribution in [0.2, 0.25) is 0 Å². The molecule has 0 spiro atoms. The smallest absolute Gasteiger partial charge is 0.348 e. The van der Waals surface area contributed by atoms with Gasteiger partial charge in [0.1, 0.15) is 23.3 Å². The van der Waals surface area contributed by atoms with Crippen LogP contribution < -0.4 is 0 Å². The molecule has 0 N–H and O–H groups in total. The van der Waals surface area contributed by atoms with Crippen molar-refractivity contribution in [1.29, 1.82) is 5.26 Å². The fraction of sp³-hybridized carbons (Fsp3) is 0.0909. The summed E-state index contributed by atoms with van der Waals surface area (Å²) in [5.74, 6) is -2.28. The van der Waals surface area contributed by atoms with Crippen molar-refractivity contribution in [2.24, 2.45) is 0 Å². The highest BCUT2D eigenvalue weighted by atomic mass is 19.1. The topological polar surface area (TPSA) is 50.1 Å². The zero-order valence-electron chi connectivity index (χ0n) is 8.33. The standard InChI is InChI=1S/C11H7F2NO2/c1-16-11(15)8(6-14)4-7-5-9(12)2-3-10(7)13/h2-5H,1H3. The molecule has 0 bridgehead atoms. The largest absolute Gasteiger partial charge is 0.465 e. The van der Waals surface area contributed by atoms with Crippen LogP contribution in [-0.4, -0.2) is 13.1 Å². The molecule has 0 radical (unpaired) electrons. The highest BCUT2D eigenvalue weighted by Crippen LogP contribution is 2.14. The molecule has 0 atom stereocenters. The third-order valence-electron chi connectivity index (χ3n) is 1.78. The quantitative estimate of drug-likeness (QED) is 0.438. The van der Waals surface area contributed by atoms with Gasteiger partial charge in [-0.2, -0.15) is 5.26 Å². The van der Waals surface area contributed by atoms with Gasteiger partial charge in [-0.05, 0) is 24.3 Å². The van der Waals surface area contributed by atoms with Crippen molar-refractivity contribution >= 4 is 12.0 Å². The number of benzene rings is 1. The Kier molecular flexibility index (Phi) is 3.72. The van der Waals surface area contributed by atoms with Gasteiger partial charge >= 0.3 is 5.97 Å². The second-order valence-electron chi connectivity index (χ2n) is 2.83. The Morgan fingerprint density at radius 2 is 2.19 bits per heavy atom. The monoisotopic (exact) mass is 223 g/mol. The lowest BCUT2D eigenvalue weighted by Crippen LogP contribution is -2.03. The SMILES string of the molecule is COC(=O)C(C#N)=Cc1cc(F)ccc1F. The van der Waals surface area contributed by atoms with Crippen LogP contribution in [-0.2, 0) is 9.53 Å². The fourth-order valence-electron chi connectivity index (χ4n) is 1.03. The number of esters is 1. The molecule has 0 unspecified atom stereocenters. The van der Waals surface area contributed by atoms with E-state index in [2.05, 4.69) is 4.74 Å². The predicted octanol–water partition coefficient (Wildman–Crippen LogP) is 2.04. The third kappa shape index (κ3) is 2.64. The van der Waals surface area contributed by atoms with Gasteiger partial charge in [-0.25, -0.2) is 13.6 Å². The van der Waals surface area contributed by atoms with Crippen molar-refractivity contribution in [3.05, 3.63) is 41.0 Å². The Hall–Kier alpha value is -2.22.